The molecule has 2 aliphatic rings. The van der Waals surface area contributed by atoms with Crippen LogP contribution in [0, 0.1) is 12.8 Å². The fourth-order valence-corrected chi connectivity index (χ4v) is 4.08. The monoisotopic (exact) mass is 368 g/mol. The van der Waals surface area contributed by atoms with Crippen molar-refractivity contribution in [3.05, 3.63) is 47.6 Å². The highest BCUT2D eigenvalue weighted by Crippen LogP contribution is 2.33. The van der Waals surface area contributed by atoms with Crippen molar-refractivity contribution < 1.29 is 14.1 Å². The third kappa shape index (κ3) is 3.59. The number of aryl methyl sites for hydroxylation is 1. The standard InChI is InChI=1S/C20H24N4O3/c1-14-21-18(22-27-14)17-8-5-11-24(17)20(26)16-9-12-23(13-10-16)19(25)15-6-3-2-4-7-15/h2-4,6-7,16-17H,5,8-13H2,1H3. The highest BCUT2D eigenvalue weighted by atomic mass is 16.5. The molecule has 2 saturated heterocycles. The minimum atomic E-state index is -0.0843. The Labute approximate surface area is 158 Å². The first-order valence-corrected chi connectivity index (χ1v) is 9.58. The molecule has 2 aromatic rings. The third-order valence-electron chi connectivity index (χ3n) is 5.53. The third-order valence-corrected chi connectivity index (χ3v) is 5.53. The number of likely N-dealkylation sites (tertiary alicyclic amines) is 2. The summed E-state index contributed by atoms with van der Waals surface area (Å²) in [6.07, 6.45) is 3.23. The van der Waals surface area contributed by atoms with E-state index in [0.29, 0.717) is 43.2 Å². The number of aromatic nitrogens is 2. The predicted octanol–water partition coefficient (Wildman–Crippen LogP) is 2.59. The van der Waals surface area contributed by atoms with Crippen LogP contribution in [0.3, 0.4) is 0 Å². The summed E-state index contributed by atoms with van der Waals surface area (Å²) in [5.41, 5.74) is 0.703. The van der Waals surface area contributed by atoms with E-state index < -0.39 is 0 Å². The lowest BCUT2D eigenvalue weighted by Gasteiger charge is -2.34. The molecule has 2 fully saturated rings. The van der Waals surface area contributed by atoms with Gasteiger partial charge in [-0.25, -0.2) is 0 Å². The quantitative estimate of drug-likeness (QED) is 0.832. The first kappa shape index (κ1) is 17.7. The molecule has 0 spiro atoms. The second-order valence-corrected chi connectivity index (χ2v) is 7.29. The van der Waals surface area contributed by atoms with E-state index >= 15 is 0 Å². The molecule has 142 valence electrons. The molecule has 7 nitrogen and oxygen atoms in total. The van der Waals surface area contributed by atoms with Gasteiger partial charge < -0.3 is 14.3 Å². The van der Waals surface area contributed by atoms with Crippen LogP contribution in [0.5, 0.6) is 0 Å². The number of rotatable bonds is 3. The molecule has 0 N–H and O–H groups in total. The van der Waals surface area contributed by atoms with Gasteiger partial charge in [0.1, 0.15) is 0 Å². The molecule has 1 atom stereocenters. The van der Waals surface area contributed by atoms with Crippen LogP contribution in [0.1, 0.15) is 53.8 Å². The Morgan fingerprint density at radius 3 is 2.48 bits per heavy atom. The Morgan fingerprint density at radius 1 is 1.07 bits per heavy atom. The Hall–Kier alpha value is -2.70. The molecule has 2 aliphatic heterocycles. The molecular formula is C20H24N4O3. The highest BCUT2D eigenvalue weighted by Gasteiger charge is 2.37. The maximum absolute atomic E-state index is 13.1. The first-order valence-electron chi connectivity index (χ1n) is 9.58. The fraction of sp³-hybridized carbons (Fsp3) is 0.500. The summed E-state index contributed by atoms with van der Waals surface area (Å²) >= 11 is 0. The number of hydrogen-bond donors (Lipinski definition) is 0. The number of benzene rings is 1. The van der Waals surface area contributed by atoms with Gasteiger partial charge in [-0.2, -0.15) is 4.98 Å². The summed E-state index contributed by atoms with van der Waals surface area (Å²) in [6, 6.07) is 9.23. The van der Waals surface area contributed by atoms with Crippen molar-refractivity contribution in [1.82, 2.24) is 19.9 Å². The van der Waals surface area contributed by atoms with Crippen LogP contribution in [-0.4, -0.2) is 51.4 Å². The van der Waals surface area contributed by atoms with Crippen LogP contribution in [0.2, 0.25) is 0 Å². The largest absolute Gasteiger partial charge is 0.340 e. The predicted molar refractivity (Wildman–Crippen MR) is 97.8 cm³/mol. The maximum atomic E-state index is 13.1. The molecule has 1 unspecified atom stereocenters. The summed E-state index contributed by atoms with van der Waals surface area (Å²) in [6.45, 7) is 3.73. The fourth-order valence-electron chi connectivity index (χ4n) is 4.08. The zero-order valence-electron chi connectivity index (χ0n) is 15.5. The molecule has 0 saturated carbocycles. The number of hydrogen-bond acceptors (Lipinski definition) is 5. The number of carbonyl (C=O) groups is 2. The Morgan fingerprint density at radius 2 is 1.81 bits per heavy atom. The van der Waals surface area contributed by atoms with Crippen LogP contribution >= 0.6 is 0 Å². The molecule has 0 radical (unpaired) electrons. The highest BCUT2D eigenvalue weighted by molar-refractivity contribution is 5.94. The van der Waals surface area contributed by atoms with Crippen LogP contribution < -0.4 is 0 Å². The van der Waals surface area contributed by atoms with Gasteiger partial charge in [-0.05, 0) is 37.8 Å². The van der Waals surface area contributed by atoms with Gasteiger partial charge in [0.2, 0.25) is 11.8 Å². The molecule has 1 aromatic heterocycles. The van der Waals surface area contributed by atoms with E-state index in [1.807, 2.05) is 40.1 Å². The van der Waals surface area contributed by atoms with Crippen LogP contribution in [0.15, 0.2) is 34.9 Å². The van der Waals surface area contributed by atoms with Crippen molar-refractivity contribution in [2.75, 3.05) is 19.6 Å². The Kier molecular flexibility index (Phi) is 4.92. The summed E-state index contributed by atoms with van der Waals surface area (Å²) in [5.74, 6) is 1.29. The number of amides is 2. The zero-order valence-corrected chi connectivity index (χ0v) is 15.5. The smallest absolute Gasteiger partial charge is 0.253 e. The lowest BCUT2D eigenvalue weighted by atomic mass is 9.94. The topological polar surface area (TPSA) is 79.5 Å². The van der Waals surface area contributed by atoms with Gasteiger partial charge in [0, 0.05) is 38.0 Å². The normalized spacial score (nSPS) is 20.9. The van der Waals surface area contributed by atoms with E-state index in [-0.39, 0.29) is 23.8 Å². The van der Waals surface area contributed by atoms with Gasteiger partial charge in [0.15, 0.2) is 5.82 Å². The summed E-state index contributed by atoms with van der Waals surface area (Å²) in [5, 5.41) is 4.01. The van der Waals surface area contributed by atoms with E-state index in [1.165, 1.54) is 0 Å². The van der Waals surface area contributed by atoms with E-state index in [4.69, 9.17) is 4.52 Å². The van der Waals surface area contributed by atoms with Crippen molar-refractivity contribution in [3.8, 4) is 0 Å². The molecule has 0 bridgehead atoms. The van der Waals surface area contributed by atoms with Crippen molar-refractivity contribution in [3.63, 3.8) is 0 Å². The zero-order chi connectivity index (χ0) is 18.8. The lowest BCUT2D eigenvalue weighted by Crippen LogP contribution is -2.44. The van der Waals surface area contributed by atoms with Crippen molar-refractivity contribution >= 4 is 11.8 Å². The minimum absolute atomic E-state index is 0.0431. The van der Waals surface area contributed by atoms with Crippen molar-refractivity contribution in [2.24, 2.45) is 5.92 Å². The average molecular weight is 368 g/mol. The second kappa shape index (κ2) is 7.50. The number of piperidine rings is 1. The van der Waals surface area contributed by atoms with Crippen molar-refractivity contribution in [1.29, 1.82) is 0 Å². The average Bonchev–Trinajstić information content (AvgIpc) is 3.36. The Bertz CT molecular complexity index is 812. The van der Waals surface area contributed by atoms with Gasteiger partial charge in [0.05, 0.1) is 6.04 Å². The van der Waals surface area contributed by atoms with Gasteiger partial charge >= 0.3 is 0 Å². The number of carbonyl (C=O) groups excluding carboxylic acids is 2. The second-order valence-electron chi connectivity index (χ2n) is 7.29. The maximum Gasteiger partial charge on any atom is 0.253 e. The molecule has 3 heterocycles. The summed E-state index contributed by atoms with van der Waals surface area (Å²) in [4.78, 5) is 33.7. The van der Waals surface area contributed by atoms with E-state index in [1.54, 1.807) is 6.92 Å². The first-order chi connectivity index (χ1) is 13.1. The number of nitrogens with zero attached hydrogens (tertiary/aromatic N) is 4. The SMILES string of the molecule is Cc1nc(C2CCCN2C(=O)C2CCN(C(=O)c3ccccc3)CC2)no1. The van der Waals surface area contributed by atoms with Gasteiger partial charge in [-0.1, -0.05) is 23.4 Å². The molecule has 27 heavy (non-hydrogen) atoms. The Balaban J connectivity index is 1.38. The molecule has 1 aromatic carbocycles. The van der Waals surface area contributed by atoms with E-state index in [9.17, 15) is 9.59 Å². The molecule has 0 aliphatic carbocycles. The van der Waals surface area contributed by atoms with Gasteiger partial charge in [-0.15, -0.1) is 0 Å². The molecule has 2 amide bonds. The van der Waals surface area contributed by atoms with E-state index in [0.717, 1.165) is 19.4 Å². The van der Waals surface area contributed by atoms with Crippen LogP contribution in [0.4, 0.5) is 0 Å². The van der Waals surface area contributed by atoms with Gasteiger partial charge in [0.25, 0.3) is 5.91 Å². The van der Waals surface area contributed by atoms with E-state index in [2.05, 4.69) is 10.1 Å². The molecular weight excluding hydrogens is 344 g/mol. The van der Waals surface area contributed by atoms with Gasteiger partial charge in [-0.3, -0.25) is 9.59 Å². The summed E-state index contributed by atoms with van der Waals surface area (Å²) in [7, 11) is 0. The molecule has 4 rings (SSSR count). The van der Waals surface area contributed by atoms with Crippen LogP contribution in [0.25, 0.3) is 0 Å². The minimum Gasteiger partial charge on any atom is -0.340 e. The van der Waals surface area contributed by atoms with Crippen LogP contribution in [-0.2, 0) is 4.79 Å². The summed E-state index contributed by atoms with van der Waals surface area (Å²) < 4.78 is 5.09. The van der Waals surface area contributed by atoms with Crippen molar-refractivity contribution in [2.45, 2.75) is 38.6 Å². The lowest BCUT2D eigenvalue weighted by molar-refractivity contribution is -0.138. The molecule has 7 heteroatoms.